The van der Waals surface area contributed by atoms with Crippen molar-refractivity contribution in [2.24, 2.45) is 0 Å². The van der Waals surface area contributed by atoms with Crippen LogP contribution in [0.15, 0.2) is 41.3 Å². The number of aryl methyl sites for hydroxylation is 2. The van der Waals surface area contributed by atoms with Crippen LogP contribution in [0.4, 0.5) is 5.69 Å². The van der Waals surface area contributed by atoms with E-state index >= 15 is 0 Å². The number of hydrogen-bond donors (Lipinski definition) is 4. The van der Waals surface area contributed by atoms with Gasteiger partial charge in [0.05, 0.1) is 18.9 Å². The Morgan fingerprint density at radius 2 is 1.84 bits per heavy atom. The second kappa shape index (κ2) is 14.7. The summed E-state index contributed by atoms with van der Waals surface area (Å²) in [7, 11) is 2.12. The summed E-state index contributed by atoms with van der Waals surface area (Å²) in [6, 6.07) is 10.9. The monoisotopic (exact) mass is 616 g/mol. The fraction of sp³-hybridized carbons (Fsp3) is 0.514. The molecular weight excluding hydrogens is 568 g/mol. The fourth-order valence-corrected chi connectivity index (χ4v) is 6.72. The van der Waals surface area contributed by atoms with Gasteiger partial charge in [0, 0.05) is 86.5 Å². The van der Waals surface area contributed by atoms with Crippen molar-refractivity contribution in [1.29, 1.82) is 0 Å². The van der Waals surface area contributed by atoms with Crippen molar-refractivity contribution in [3.8, 4) is 11.1 Å². The third kappa shape index (κ3) is 8.18. The number of aromatic nitrogens is 2. The van der Waals surface area contributed by atoms with Crippen LogP contribution in [0, 0.1) is 20.8 Å². The van der Waals surface area contributed by atoms with Crippen LogP contribution in [-0.2, 0) is 22.6 Å². The van der Waals surface area contributed by atoms with E-state index in [1.807, 2.05) is 39.1 Å². The Labute approximate surface area is 266 Å². The molecule has 5 rings (SSSR count). The first-order chi connectivity index (χ1) is 21.6. The summed E-state index contributed by atoms with van der Waals surface area (Å²) in [6.45, 7) is 11.8. The summed E-state index contributed by atoms with van der Waals surface area (Å²) >= 11 is 0. The van der Waals surface area contributed by atoms with Gasteiger partial charge >= 0.3 is 0 Å². The van der Waals surface area contributed by atoms with Crippen LogP contribution in [-0.4, -0.2) is 71.3 Å². The molecule has 0 bridgehead atoms. The SMILES string of the molecule is CC(=O)N[C@H]1CC[C@@H](N(C)c2cc(-c3ccc(CN4CCOCC4)nc3)cc(C(O)NCc3c(C)cc(C)[nH]c3=O)c2C)CC1. The van der Waals surface area contributed by atoms with Gasteiger partial charge in [-0.05, 0) is 87.4 Å². The minimum absolute atomic E-state index is 0.0221. The minimum atomic E-state index is -0.985. The van der Waals surface area contributed by atoms with Gasteiger partial charge in [-0.25, -0.2) is 0 Å². The number of aliphatic hydroxyl groups excluding tert-OH is 1. The predicted octanol–water partition coefficient (Wildman–Crippen LogP) is 3.86. The number of carbonyl (C=O) groups excluding carboxylic acids is 1. The smallest absolute Gasteiger partial charge is 0.252 e. The molecule has 1 unspecified atom stereocenters. The number of ether oxygens (including phenoxy) is 1. The van der Waals surface area contributed by atoms with E-state index in [0.29, 0.717) is 11.6 Å². The van der Waals surface area contributed by atoms with Crippen LogP contribution in [0.2, 0.25) is 0 Å². The molecule has 10 heteroatoms. The second-order valence-electron chi connectivity index (χ2n) is 12.7. The van der Waals surface area contributed by atoms with Crippen molar-refractivity contribution < 1.29 is 14.6 Å². The van der Waals surface area contributed by atoms with Crippen molar-refractivity contribution in [3.63, 3.8) is 0 Å². The molecule has 2 fully saturated rings. The van der Waals surface area contributed by atoms with E-state index in [-0.39, 0.29) is 24.1 Å². The maximum Gasteiger partial charge on any atom is 0.252 e. The number of nitrogens with one attached hydrogen (secondary N) is 3. The molecular formula is C35H48N6O4. The van der Waals surface area contributed by atoms with Crippen LogP contribution < -0.4 is 21.1 Å². The van der Waals surface area contributed by atoms with Crippen LogP contribution in [0.5, 0.6) is 0 Å². The Kier molecular flexibility index (Phi) is 10.7. The third-order valence-electron chi connectivity index (χ3n) is 9.36. The van der Waals surface area contributed by atoms with Gasteiger partial charge in [-0.2, -0.15) is 0 Å². The number of rotatable bonds is 10. The molecule has 1 saturated carbocycles. The minimum Gasteiger partial charge on any atom is -0.379 e. The van der Waals surface area contributed by atoms with Gasteiger partial charge in [0.25, 0.3) is 5.56 Å². The first kappa shape index (κ1) is 32.8. The molecule has 3 aromatic rings. The lowest BCUT2D eigenvalue weighted by atomic mass is 9.89. The van der Waals surface area contributed by atoms with Gasteiger partial charge in [-0.1, -0.05) is 6.07 Å². The highest BCUT2D eigenvalue weighted by atomic mass is 16.5. The number of aliphatic hydroxyl groups is 1. The fourth-order valence-electron chi connectivity index (χ4n) is 6.72. The molecule has 0 spiro atoms. The average Bonchev–Trinajstić information content (AvgIpc) is 3.01. The topological polar surface area (TPSA) is 123 Å². The number of nitrogens with zero attached hydrogens (tertiary/aromatic N) is 3. The molecule has 0 radical (unpaired) electrons. The van der Waals surface area contributed by atoms with Crippen LogP contribution in [0.3, 0.4) is 0 Å². The first-order valence-corrected chi connectivity index (χ1v) is 16.1. The molecule has 2 aromatic heterocycles. The highest BCUT2D eigenvalue weighted by Gasteiger charge is 2.27. The molecule has 3 heterocycles. The van der Waals surface area contributed by atoms with Crippen molar-refractivity contribution in [1.82, 2.24) is 25.5 Å². The molecule has 1 saturated heterocycles. The summed E-state index contributed by atoms with van der Waals surface area (Å²) in [6.07, 6.45) is 4.73. The van der Waals surface area contributed by atoms with Crippen molar-refractivity contribution in [2.75, 3.05) is 38.3 Å². The van der Waals surface area contributed by atoms with Crippen LogP contribution in [0.1, 0.15) is 72.5 Å². The Morgan fingerprint density at radius 3 is 2.49 bits per heavy atom. The van der Waals surface area contributed by atoms with Gasteiger partial charge in [-0.3, -0.25) is 24.8 Å². The summed E-state index contributed by atoms with van der Waals surface area (Å²) in [5.74, 6) is 0.0221. The zero-order chi connectivity index (χ0) is 32.1. The molecule has 45 heavy (non-hydrogen) atoms. The largest absolute Gasteiger partial charge is 0.379 e. The van der Waals surface area contributed by atoms with E-state index < -0.39 is 6.23 Å². The van der Waals surface area contributed by atoms with E-state index in [1.165, 1.54) is 0 Å². The molecule has 242 valence electrons. The Hall–Kier alpha value is -3.57. The molecule has 1 aliphatic carbocycles. The molecule has 1 atom stereocenters. The Bertz CT molecular complexity index is 1520. The molecule has 1 aromatic carbocycles. The van der Waals surface area contributed by atoms with E-state index in [1.54, 1.807) is 6.92 Å². The maximum atomic E-state index is 12.6. The molecule has 4 N–H and O–H groups in total. The van der Waals surface area contributed by atoms with Crippen molar-refractivity contribution in [2.45, 2.75) is 84.8 Å². The zero-order valence-corrected chi connectivity index (χ0v) is 27.3. The van der Waals surface area contributed by atoms with Crippen LogP contribution >= 0.6 is 0 Å². The summed E-state index contributed by atoms with van der Waals surface area (Å²) < 4.78 is 5.48. The van der Waals surface area contributed by atoms with E-state index in [0.717, 1.165) is 103 Å². The molecule has 10 nitrogen and oxygen atoms in total. The number of H-pyrrole nitrogens is 1. The zero-order valence-electron chi connectivity index (χ0n) is 27.3. The number of carbonyl (C=O) groups is 1. The Morgan fingerprint density at radius 1 is 1.11 bits per heavy atom. The number of pyridine rings is 2. The predicted molar refractivity (Wildman–Crippen MR) is 177 cm³/mol. The molecule has 1 aliphatic heterocycles. The molecule has 1 amide bonds. The lowest BCUT2D eigenvalue weighted by molar-refractivity contribution is -0.119. The van der Waals surface area contributed by atoms with Crippen molar-refractivity contribution >= 4 is 11.6 Å². The lowest BCUT2D eigenvalue weighted by Gasteiger charge is -2.37. The maximum absolute atomic E-state index is 12.6. The summed E-state index contributed by atoms with van der Waals surface area (Å²) in [5.41, 5.74) is 7.93. The van der Waals surface area contributed by atoms with Gasteiger partial charge in [0.2, 0.25) is 5.91 Å². The van der Waals surface area contributed by atoms with Crippen LogP contribution in [0.25, 0.3) is 11.1 Å². The number of amides is 1. The van der Waals surface area contributed by atoms with Gasteiger partial charge in [-0.15, -0.1) is 0 Å². The number of hydrogen-bond acceptors (Lipinski definition) is 8. The average molecular weight is 617 g/mol. The van der Waals surface area contributed by atoms with E-state index in [4.69, 9.17) is 9.72 Å². The first-order valence-electron chi connectivity index (χ1n) is 16.1. The lowest BCUT2D eigenvalue weighted by Crippen LogP contribution is -2.42. The standard InChI is InChI=1S/C35H48N6O4/c1-22-16-23(2)38-35(44)32(22)20-37-34(43)31-17-27(26-6-7-29(36-19-26)21-41-12-14-45-15-13-41)18-33(24(31)3)40(5)30-10-8-28(9-11-30)39-25(4)42/h6-7,16-19,28,30,34,37,43H,8-15,20-21H2,1-5H3,(H,38,44)(H,39,42)/t28-,30+,34?. The van der Waals surface area contributed by atoms with Gasteiger partial charge < -0.3 is 25.0 Å². The number of benzene rings is 1. The number of morpholine rings is 1. The number of aromatic amines is 1. The highest BCUT2D eigenvalue weighted by molar-refractivity contribution is 5.73. The van der Waals surface area contributed by atoms with Gasteiger partial charge in [0.1, 0.15) is 6.23 Å². The van der Waals surface area contributed by atoms with E-state index in [9.17, 15) is 14.7 Å². The van der Waals surface area contributed by atoms with E-state index in [2.05, 4.69) is 50.7 Å². The van der Waals surface area contributed by atoms with Crippen molar-refractivity contribution in [3.05, 3.63) is 80.5 Å². The highest BCUT2D eigenvalue weighted by Crippen LogP contribution is 2.36. The Balaban J connectivity index is 1.42. The molecule has 2 aliphatic rings. The second-order valence-corrected chi connectivity index (χ2v) is 12.7. The quantitative estimate of drug-likeness (QED) is 0.254. The normalized spacial score (nSPS) is 19.7. The summed E-state index contributed by atoms with van der Waals surface area (Å²) in [4.78, 5) is 36.6. The number of anilines is 1. The summed E-state index contributed by atoms with van der Waals surface area (Å²) in [5, 5.41) is 17.8. The van der Waals surface area contributed by atoms with Gasteiger partial charge in [0.15, 0.2) is 0 Å². The third-order valence-corrected chi connectivity index (χ3v) is 9.36.